The van der Waals surface area contributed by atoms with Gasteiger partial charge in [0.25, 0.3) is 5.91 Å². The molecule has 1 saturated heterocycles. The minimum atomic E-state index is -0.138. The number of hydrogen-bond donors (Lipinski definition) is 1. The van der Waals surface area contributed by atoms with Crippen LogP contribution in [0.4, 0.5) is 11.4 Å². The highest BCUT2D eigenvalue weighted by Crippen LogP contribution is 2.25. The molecule has 26 heavy (non-hydrogen) atoms. The summed E-state index contributed by atoms with van der Waals surface area (Å²) in [7, 11) is 0. The zero-order valence-corrected chi connectivity index (χ0v) is 14.8. The summed E-state index contributed by atoms with van der Waals surface area (Å²) in [4.78, 5) is 37.8. The molecule has 1 aromatic rings. The first-order valence-electron chi connectivity index (χ1n) is 8.67. The molecule has 2 aliphatic rings. The van der Waals surface area contributed by atoms with Crippen LogP contribution < -0.4 is 10.3 Å². The van der Waals surface area contributed by atoms with Crippen molar-refractivity contribution in [1.29, 1.82) is 0 Å². The Morgan fingerprint density at radius 1 is 1.31 bits per heavy atom. The van der Waals surface area contributed by atoms with Crippen molar-refractivity contribution in [2.24, 2.45) is 11.0 Å². The second kappa shape index (κ2) is 7.51. The Labute approximate surface area is 152 Å². The van der Waals surface area contributed by atoms with Gasteiger partial charge in [-0.25, -0.2) is 5.01 Å². The summed E-state index contributed by atoms with van der Waals surface area (Å²) in [5.74, 6) is -0.380. The van der Waals surface area contributed by atoms with Gasteiger partial charge in [-0.15, -0.1) is 0 Å². The highest BCUT2D eigenvalue weighted by molar-refractivity contribution is 6.12. The van der Waals surface area contributed by atoms with E-state index in [1.54, 1.807) is 29.2 Å². The molecule has 7 nitrogen and oxygen atoms in total. The Kier molecular flexibility index (Phi) is 5.16. The zero-order chi connectivity index (χ0) is 18.7. The summed E-state index contributed by atoms with van der Waals surface area (Å²) in [6.45, 7) is 6.41. The average Bonchev–Trinajstić information content (AvgIpc) is 2.99. The van der Waals surface area contributed by atoms with Crippen molar-refractivity contribution in [1.82, 2.24) is 4.90 Å². The summed E-state index contributed by atoms with van der Waals surface area (Å²) < 4.78 is 0. The average molecular weight is 354 g/mol. The van der Waals surface area contributed by atoms with Crippen molar-refractivity contribution in [2.75, 3.05) is 23.4 Å². The minimum Gasteiger partial charge on any atom is -0.339 e. The summed E-state index contributed by atoms with van der Waals surface area (Å²) >= 11 is 0. The van der Waals surface area contributed by atoms with Crippen LogP contribution in [0, 0.1) is 5.92 Å². The van der Waals surface area contributed by atoms with Crippen LogP contribution in [0.3, 0.4) is 0 Å². The molecule has 3 rings (SSSR count). The van der Waals surface area contributed by atoms with Crippen LogP contribution in [0.5, 0.6) is 0 Å². The van der Waals surface area contributed by atoms with E-state index in [0.717, 1.165) is 5.71 Å². The van der Waals surface area contributed by atoms with E-state index >= 15 is 0 Å². The third kappa shape index (κ3) is 3.82. The lowest BCUT2D eigenvalue weighted by Crippen LogP contribution is -2.40. The molecule has 0 radical (unpaired) electrons. The van der Waals surface area contributed by atoms with E-state index in [2.05, 4.69) is 17.0 Å². The Morgan fingerprint density at radius 2 is 2.04 bits per heavy atom. The van der Waals surface area contributed by atoms with Gasteiger partial charge < -0.3 is 10.2 Å². The van der Waals surface area contributed by atoms with Gasteiger partial charge in [-0.1, -0.05) is 12.6 Å². The normalized spacial score (nSPS) is 17.9. The van der Waals surface area contributed by atoms with Gasteiger partial charge in [0.15, 0.2) is 0 Å². The van der Waals surface area contributed by atoms with Crippen molar-refractivity contribution in [3.05, 3.63) is 36.9 Å². The maximum Gasteiger partial charge on any atom is 0.253 e. The summed E-state index contributed by atoms with van der Waals surface area (Å²) in [5.41, 5.74) is 2.03. The van der Waals surface area contributed by atoms with Gasteiger partial charge >= 0.3 is 0 Å². The third-order valence-electron chi connectivity index (χ3n) is 4.62. The molecule has 1 N–H and O–H groups in total. The maximum absolute atomic E-state index is 12.5. The van der Waals surface area contributed by atoms with Gasteiger partial charge in [0.05, 0.1) is 12.1 Å². The zero-order valence-electron chi connectivity index (χ0n) is 14.8. The minimum absolute atomic E-state index is 0.0692. The third-order valence-corrected chi connectivity index (χ3v) is 4.62. The van der Waals surface area contributed by atoms with Crippen molar-refractivity contribution in [3.63, 3.8) is 0 Å². The largest absolute Gasteiger partial charge is 0.339 e. The molecule has 2 heterocycles. The second-order valence-electron chi connectivity index (χ2n) is 6.56. The molecule has 136 valence electrons. The van der Waals surface area contributed by atoms with Crippen molar-refractivity contribution in [2.45, 2.75) is 26.2 Å². The van der Waals surface area contributed by atoms with Crippen molar-refractivity contribution < 1.29 is 14.4 Å². The molecule has 0 saturated carbocycles. The molecule has 0 aliphatic carbocycles. The van der Waals surface area contributed by atoms with Crippen LogP contribution in [0.1, 0.15) is 26.2 Å². The fourth-order valence-corrected chi connectivity index (χ4v) is 3.21. The van der Waals surface area contributed by atoms with Crippen LogP contribution in [-0.2, 0) is 14.4 Å². The number of nitrogens with zero attached hydrogens (tertiary/aromatic N) is 3. The summed E-state index contributed by atoms with van der Waals surface area (Å²) in [6.07, 6.45) is 2.87. The Morgan fingerprint density at radius 3 is 2.65 bits per heavy atom. The number of piperidine rings is 1. The van der Waals surface area contributed by atoms with Gasteiger partial charge in [0.1, 0.15) is 0 Å². The lowest BCUT2D eigenvalue weighted by Gasteiger charge is -2.30. The van der Waals surface area contributed by atoms with E-state index in [1.165, 1.54) is 11.1 Å². The number of benzene rings is 1. The number of amides is 3. The van der Waals surface area contributed by atoms with E-state index in [0.29, 0.717) is 43.7 Å². The fraction of sp³-hybridized carbons (Fsp3) is 0.368. The number of hydrogen-bond acceptors (Lipinski definition) is 4. The Bertz CT molecular complexity index is 779. The van der Waals surface area contributed by atoms with Crippen LogP contribution >= 0.6 is 0 Å². The van der Waals surface area contributed by atoms with Crippen LogP contribution in [0.15, 0.2) is 42.0 Å². The molecule has 0 atom stereocenters. The molecular formula is C19H22N4O3. The quantitative estimate of drug-likeness (QED) is 0.841. The SMILES string of the molecule is C=CC(=O)N1CCC(C(=O)Nc2cccc(N3N=C(C)CC3=O)c2)CC1. The van der Waals surface area contributed by atoms with Crippen LogP contribution in [-0.4, -0.2) is 41.4 Å². The van der Waals surface area contributed by atoms with Gasteiger partial charge in [-0.2, -0.15) is 5.10 Å². The van der Waals surface area contributed by atoms with E-state index in [-0.39, 0.29) is 23.6 Å². The van der Waals surface area contributed by atoms with E-state index in [4.69, 9.17) is 0 Å². The first-order chi connectivity index (χ1) is 12.5. The Hall–Kier alpha value is -2.96. The molecule has 0 unspecified atom stereocenters. The van der Waals surface area contributed by atoms with Crippen LogP contribution in [0.25, 0.3) is 0 Å². The van der Waals surface area contributed by atoms with Crippen LogP contribution in [0.2, 0.25) is 0 Å². The van der Waals surface area contributed by atoms with E-state index in [9.17, 15) is 14.4 Å². The predicted molar refractivity (Wildman–Crippen MR) is 99.8 cm³/mol. The highest BCUT2D eigenvalue weighted by atomic mass is 16.2. The van der Waals surface area contributed by atoms with Crippen molar-refractivity contribution >= 4 is 34.8 Å². The van der Waals surface area contributed by atoms with Gasteiger partial charge in [0, 0.05) is 30.4 Å². The molecule has 0 aromatic heterocycles. The van der Waals surface area contributed by atoms with Crippen molar-refractivity contribution in [3.8, 4) is 0 Å². The number of carbonyl (C=O) groups is 3. The monoisotopic (exact) mass is 354 g/mol. The molecule has 1 fully saturated rings. The number of rotatable bonds is 4. The standard InChI is InChI=1S/C19H22N4O3/c1-3-17(24)22-9-7-14(8-10-22)19(26)20-15-5-4-6-16(12-15)23-18(25)11-13(2)21-23/h3-6,12,14H,1,7-11H2,2H3,(H,20,26). The molecule has 0 bridgehead atoms. The predicted octanol–water partition coefficient (Wildman–Crippen LogP) is 2.16. The first kappa shape index (κ1) is 17.8. The fourth-order valence-electron chi connectivity index (χ4n) is 3.21. The van der Waals surface area contributed by atoms with E-state index in [1.807, 2.05) is 6.92 Å². The number of likely N-dealkylation sites (tertiary alicyclic amines) is 1. The number of anilines is 2. The first-order valence-corrected chi connectivity index (χ1v) is 8.67. The lowest BCUT2D eigenvalue weighted by atomic mass is 9.95. The maximum atomic E-state index is 12.5. The smallest absolute Gasteiger partial charge is 0.253 e. The van der Waals surface area contributed by atoms with E-state index < -0.39 is 0 Å². The number of carbonyl (C=O) groups excluding carboxylic acids is 3. The molecule has 0 spiro atoms. The van der Waals surface area contributed by atoms with Gasteiger partial charge in [-0.3, -0.25) is 14.4 Å². The summed E-state index contributed by atoms with van der Waals surface area (Å²) in [5, 5.41) is 8.50. The molecular weight excluding hydrogens is 332 g/mol. The van der Waals surface area contributed by atoms with Gasteiger partial charge in [0.2, 0.25) is 11.8 Å². The molecule has 1 aromatic carbocycles. The topological polar surface area (TPSA) is 82.1 Å². The summed E-state index contributed by atoms with van der Waals surface area (Å²) in [6, 6.07) is 7.10. The highest BCUT2D eigenvalue weighted by Gasteiger charge is 2.27. The van der Waals surface area contributed by atoms with Gasteiger partial charge in [-0.05, 0) is 44.0 Å². The molecule has 3 amide bonds. The Balaban J connectivity index is 1.62. The molecule has 2 aliphatic heterocycles. The molecule has 7 heteroatoms. The number of nitrogens with one attached hydrogen (secondary N) is 1. The second-order valence-corrected chi connectivity index (χ2v) is 6.56. The number of hydrazone groups is 1. The lowest BCUT2D eigenvalue weighted by molar-refractivity contribution is -0.130.